The Balaban J connectivity index is 0. The van der Waals surface area contributed by atoms with Crippen molar-refractivity contribution >= 4 is 10.1 Å². The van der Waals surface area contributed by atoms with Crippen LogP contribution in [0, 0.1) is 0 Å². The summed E-state index contributed by atoms with van der Waals surface area (Å²) in [5, 5.41) is 0. The van der Waals surface area contributed by atoms with Crippen molar-refractivity contribution in [3.05, 3.63) is 12.7 Å². The summed E-state index contributed by atoms with van der Waals surface area (Å²) in [6, 6.07) is 0. The van der Waals surface area contributed by atoms with Gasteiger partial charge in [0, 0.05) is 13.0 Å². The summed E-state index contributed by atoms with van der Waals surface area (Å²) in [6.07, 6.45) is 3.55. The van der Waals surface area contributed by atoms with E-state index in [9.17, 15) is 21.6 Å². The second kappa shape index (κ2) is 15.0. The zero-order chi connectivity index (χ0) is 18.2. The molecule has 0 spiro atoms. The Morgan fingerprint density at radius 2 is 1.26 bits per heavy atom. The van der Waals surface area contributed by atoms with Crippen molar-refractivity contribution in [2.75, 3.05) is 12.3 Å². The molecule has 0 heterocycles. The summed E-state index contributed by atoms with van der Waals surface area (Å²) < 4.78 is 64.8. The zero-order valence-corrected chi connectivity index (χ0v) is 14.5. The predicted molar refractivity (Wildman–Crippen MR) is 87.9 cm³/mol. The molecule has 0 aliphatic rings. The first-order valence-electron chi connectivity index (χ1n) is 7.95. The van der Waals surface area contributed by atoms with Gasteiger partial charge < -0.3 is 5.73 Å². The first-order valence-corrected chi connectivity index (χ1v) is 9.56. The summed E-state index contributed by atoms with van der Waals surface area (Å²) in [7, 11) is -3.84. The lowest BCUT2D eigenvalue weighted by atomic mass is 10.1. The molecule has 0 atom stereocenters. The molecule has 0 radical (unpaired) electrons. The Hall–Kier alpha value is -0.600. The van der Waals surface area contributed by atoms with E-state index >= 15 is 0 Å². The molecule has 4 nitrogen and oxygen atoms in total. The van der Waals surface area contributed by atoms with Crippen LogP contribution in [0.5, 0.6) is 0 Å². The minimum Gasteiger partial charge on any atom is -0.327 e. The molecule has 23 heavy (non-hydrogen) atoms. The molecule has 0 amide bonds. The second-order valence-corrected chi connectivity index (χ2v) is 6.93. The van der Waals surface area contributed by atoms with Crippen LogP contribution in [0.25, 0.3) is 0 Å². The van der Waals surface area contributed by atoms with Gasteiger partial charge in [0.1, 0.15) is 0 Å². The number of unbranched alkanes of at least 4 members (excludes halogenated alkanes) is 8. The van der Waals surface area contributed by atoms with Crippen LogP contribution in [0.15, 0.2) is 12.7 Å². The lowest BCUT2D eigenvalue weighted by molar-refractivity contribution is -0.135. The predicted octanol–water partition coefficient (Wildman–Crippen LogP) is 4.47. The quantitative estimate of drug-likeness (QED) is 0.305. The third kappa shape index (κ3) is 29.9. The number of hydrogen-bond acceptors (Lipinski definition) is 3. The molecule has 0 fully saturated rings. The van der Waals surface area contributed by atoms with Gasteiger partial charge in [-0.3, -0.25) is 4.55 Å². The van der Waals surface area contributed by atoms with E-state index in [1.54, 1.807) is 6.08 Å². The third-order valence-corrected chi connectivity index (χ3v) is 3.83. The standard InChI is InChI=1S/C12H23F3O3S.C3H7N/c13-12(14,15)10-8-6-4-2-1-3-5-7-9-11-19(16,17)18;1-2-3-4/h1-11H2,(H,16,17,18);2H,1,3-4H2. The SMILES string of the molecule is C=CCN.O=S(=O)(O)CCCCCCCCCCCC(F)(F)F. The van der Waals surface area contributed by atoms with Crippen LogP contribution in [0.4, 0.5) is 13.2 Å². The van der Waals surface area contributed by atoms with Crippen molar-refractivity contribution in [1.29, 1.82) is 0 Å². The van der Waals surface area contributed by atoms with Crippen molar-refractivity contribution in [3.8, 4) is 0 Å². The van der Waals surface area contributed by atoms with E-state index in [0.29, 0.717) is 19.4 Å². The number of rotatable bonds is 12. The van der Waals surface area contributed by atoms with Crippen molar-refractivity contribution in [1.82, 2.24) is 0 Å². The molecule has 0 saturated carbocycles. The summed E-state index contributed by atoms with van der Waals surface area (Å²) in [6.45, 7) is 3.94. The number of hydrogen-bond donors (Lipinski definition) is 2. The fourth-order valence-electron chi connectivity index (χ4n) is 1.85. The maximum Gasteiger partial charge on any atom is 0.389 e. The van der Waals surface area contributed by atoms with Gasteiger partial charge in [-0.25, -0.2) is 0 Å². The Morgan fingerprint density at radius 1 is 0.913 bits per heavy atom. The molecule has 0 aromatic heterocycles. The van der Waals surface area contributed by atoms with Gasteiger partial charge in [0.2, 0.25) is 0 Å². The molecule has 8 heteroatoms. The topological polar surface area (TPSA) is 80.4 Å². The van der Waals surface area contributed by atoms with Crippen molar-refractivity contribution < 1.29 is 26.1 Å². The van der Waals surface area contributed by atoms with E-state index in [4.69, 9.17) is 10.3 Å². The largest absolute Gasteiger partial charge is 0.389 e. The molecule has 0 bridgehead atoms. The van der Waals surface area contributed by atoms with E-state index in [1.165, 1.54) is 0 Å². The Bertz CT molecular complexity index is 371. The van der Waals surface area contributed by atoms with Crippen LogP contribution in [-0.2, 0) is 10.1 Å². The van der Waals surface area contributed by atoms with Crippen molar-refractivity contribution in [3.63, 3.8) is 0 Å². The Morgan fingerprint density at radius 3 is 1.57 bits per heavy atom. The van der Waals surface area contributed by atoms with E-state index in [1.807, 2.05) is 0 Å². The highest BCUT2D eigenvalue weighted by Crippen LogP contribution is 2.23. The second-order valence-electron chi connectivity index (χ2n) is 5.36. The highest BCUT2D eigenvalue weighted by atomic mass is 32.2. The van der Waals surface area contributed by atoms with Crippen LogP contribution in [0.1, 0.15) is 64.2 Å². The molecule has 0 unspecified atom stereocenters. The molecule has 0 aliphatic carbocycles. The van der Waals surface area contributed by atoms with Crippen LogP contribution in [-0.4, -0.2) is 31.4 Å². The Labute approximate surface area is 138 Å². The summed E-state index contributed by atoms with van der Waals surface area (Å²) >= 11 is 0. The van der Waals surface area contributed by atoms with Gasteiger partial charge in [0.15, 0.2) is 0 Å². The van der Waals surface area contributed by atoms with Crippen LogP contribution in [0.3, 0.4) is 0 Å². The van der Waals surface area contributed by atoms with Crippen LogP contribution >= 0.6 is 0 Å². The van der Waals surface area contributed by atoms with Gasteiger partial charge in [-0.15, -0.1) is 6.58 Å². The van der Waals surface area contributed by atoms with E-state index in [0.717, 1.165) is 38.5 Å². The average molecular weight is 361 g/mol. The highest BCUT2D eigenvalue weighted by Gasteiger charge is 2.25. The molecule has 0 saturated heterocycles. The third-order valence-electron chi connectivity index (χ3n) is 3.03. The fraction of sp³-hybridized carbons (Fsp3) is 0.867. The van der Waals surface area contributed by atoms with E-state index < -0.39 is 22.7 Å². The maximum atomic E-state index is 11.8. The number of nitrogens with two attached hydrogens (primary N) is 1. The molecule has 140 valence electrons. The van der Waals surface area contributed by atoms with Crippen LogP contribution in [0.2, 0.25) is 0 Å². The molecule has 3 N–H and O–H groups in total. The first kappa shape index (κ1) is 24.6. The number of halogens is 3. The van der Waals surface area contributed by atoms with E-state index in [-0.39, 0.29) is 12.2 Å². The Kier molecular flexibility index (Phi) is 16.0. The lowest BCUT2D eigenvalue weighted by Gasteiger charge is -2.05. The minimum absolute atomic E-state index is 0.190. The van der Waals surface area contributed by atoms with Crippen molar-refractivity contribution in [2.45, 2.75) is 70.4 Å². The summed E-state index contributed by atoms with van der Waals surface area (Å²) in [4.78, 5) is 0. The highest BCUT2D eigenvalue weighted by molar-refractivity contribution is 7.85. The minimum atomic E-state index is -4.03. The summed E-state index contributed by atoms with van der Waals surface area (Å²) in [5.74, 6) is -0.190. The molecular weight excluding hydrogens is 331 g/mol. The molecule has 0 aliphatic heterocycles. The molecule has 0 aromatic rings. The smallest absolute Gasteiger partial charge is 0.327 e. The van der Waals surface area contributed by atoms with E-state index in [2.05, 4.69) is 6.58 Å². The monoisotopic (exact) mass is 361 g/mol. The van der Waals surface area contributed by atoms with Gasteiger partial charge >= 0.3 is 6.18 Å². The van der Waals surface area contributed by atoms with Gasteiger partial charge in [0.05, 0.1) is 5.75 Å². The van der Waals surface area contributed by atoms with Gasteiger partial charge in [0.25, 0.3) is 10.1 Å². The van der Waals surface area contributed by atoms with Gasteiger partial charge in [-0.05, 0) is 12.8 Å². The van der Waals surface area contributed by atoms with Gasteiger partial charge in [-0.1, -0.05) is 51.0 Å². The van der Waals surface area contributed by atoms with Gasteiger partial charge in [-0.2, -0.15) is 21.6 Å². The number of alkyl halides is 3. The normalized spacial score (nSPS) is 11.7. The first-order chi connectivity index (χ1) is 10.6. The average Bonchev–Trinajstić information content (AvgIpc) is 2.42. The lowest BCUT2D eigenvalue weighted by Crippen LogP contribution is -2.06. The maximum absolute atomic E-state index is 11.8. The molecule has 0 rings (SSSR count). The van der Waals surface area contributed by atoms with Crippen molar-refractivity contribution in [2.24, 2.45) is 5.73 Å². The summed E-state index contributed by atoms with van der Waals surface area (Å²) in [5.41, 5.74) is 4.91. The fourth-order valence-corrected chi connectivity index (χ4v) is 2.42. The van der Waals surface area contributed by atoms with Crippen LogP contribution < -0.4 is 5.73 Å². The molecule has 0 aromatic carbocycles. The zero-order valence-electron chi connectivity index (χ0n) is 13.7. The molecular formula is C15H30F3NO3S.